The molecule has 0 aromatic rings. The van der Waals surface area contributed by atoms with E-state index in [1.54, 1.807) is 0 Å². The van der Waals surface area contributed by atoms with Gasteiger partial charge in [-0.2, -0.15) is 0 Å². The molecule has 13 heavy (non-hydrogen) atoms. The molecule has 0 amide bonds. The van der Waals surface area contributed by atoms with Crippen LogP contribution in [0.5, 0.6) is 0 Å². The average Bonchev–Trinajstić information content (AvgIpc) is 1.88. The van der Waals surface area contributed by atoms with Gasteiger partial charge in [0, 0.05) is 0 Å². The fourth-order valence-electron chi connectivity index (χ4n) is 0. The van der Waals surface area contributed by atoms with E-state index in [-0.39, 0.29) is 36.1 Å². The van der Waals surface area contributed by atoms with Crippen LogP contribution in [0.4, 0.5) is 4.79 Å². The zero-order valence-electron chi connectivity index (χ0n) is 6.84. The fraction of sp³-hybridized carbons (Fsp3) is 0.333. The molecule has 0 saturated carbocycles. The van der Waals surface area contributed by atoms with Crippen LogP contribution in [-0.4, -0.2) is 48.0 Å². The molecule has 5 N–H and O–H groups in total. The number of rotatable bonds is 1. The molecule has 0 radical (unpaired) electrons. The van der Waals surface area contributed by atoms with Crippen LogP contribution in [0.1, 0.15) is 0 Å². The van der Waals surface area contributed by atoms with Gasteiger partial charge < -0.3 is 25.8 Å². The summed E-state index contributed by atoms with van der Waals surface area (Å²) in [5, 5.41) is 24.3. The van der Waals surface area contributed by atoms with Crippen molar-refractivity contribution < 1.29 is 62.8 Å². The van der Waals surface area contributed by atoms with Gasteiger partial charge in [0.1, 0.15) is 0 Å². The van der Waals surface area contributed by atoms with Crippen molar-refractivity contribution in [1.82, 2.24) is 0 Å². The summed E-state index contributed by atoms with van der Waals surface area (Å²) >= 11 is -1.25. The Balaban J connectivity index is -0.0000000465. The fourth-order valence-corrected chi connectivity index (χ4v) is 0. The summed E-state index contributed by atoms with van der Waals surface area (Å²) in [6.07, 6.45) is -2.33. The molecule has 0 heterocycles. The van der Waals surface area contributed by atoms with E-state index in [4.69, 9.17) is 28.4 Å². The maximum absolute atomic E-state index is 9.24. The van der Waals surface area contributed by atoms with E-state index in [9.17, 15) is 4.79 Å². The molecule has 8 nitrogen and oxygen atoms in total. The van der Waals surface area contributed by atoms with Crippen molar-refractivity contribution in [3.63, 3.8) is 0 Å². The average molecular weight is 219 g/mol. The van der Waals surface area contributed by atoms with Gasteiger partial charge >= 0.3 is 59.7 Å². The molecule has 0 saturated heterocycles. The molecular weight excluding hydrogens is 212 g/mol. The summed E-state index contributed by atoms with van der Waals surface area (Å²) in [4.78, 5) is 17.6. The van der Waals surface area contributed by atoms with Crippen LogP contribution in [0.15, 0.2) is 0 Å². The molecule has 0 bridgehead atoms. The van der Waals surface area contributed by atoms with Crippen molar-refractivity contribution >= 4 is 28.0 Å². The predicted octanol–water partition coefficient (Wildman–Crippen LogP) is -7.91. The van der Waals surface area contributed by atoms with Crippen molar-refractivity contribution in [1.29, 1.82) is 0 Å². The first kappa shape index (κ1) is 23.2. The van der Waals surface area contributed by atoms with Gasteiger partial charge in [0.25, 0.3) is 0 Å². The summed E-state index contributed by atoms with van der Waals surface area (Å²) in [7, 11) is 0. The molecule has 0 aromatic carbocycles. The number of carbonyl (C=O) groups is 2. The van der Waals surface area contributed by atoms with Crippen molar-refractivity contribution in [2.75, 3.05) is 6.54 Å². The molecule has 0 fully saturated rings. The van der Waals surface area contributed by atoms with Crippen LogP contribution in [-0.2, 0) is 4.79 Å². The molecule has 0 atom stereocenters. The van der Waals surface area contributed by atoms with Gasteiger partial charge in [-0.3, -0.25) is 4.79 Å². The zero-order chi connectivity index (χ0) is 10.6. The quantitative estimate of drug-likeness (QED) is 0.315. The number of carbonyl (C=O) groups excluding carboxylic acids is 1. The van der Waals surface area contributed by atoms with Crippen LogP contribution in [0.2, 0.25) is 0 Å². The van der Waals surface area contributed by atoms with Crippen molar-refractivity contribution in [3.05, 3.63) is 0 Å². The van der Waals surface area contributed by atoms with E-state index in [1.807, 2.05) is 0 Å². The van der Waals surface area contributed by atoms with Crippen LogP contribution in [0.25, 0.3) is 0 Å². The summed E-state index contributed by atoms with van der Waals surface area (Å²) in [5.74, 6) is -0.968. The maximum atomic E-state index is 9.24. The SMILES string of the molecule is NCC(=O)O.O=C([O-])[O-].[Na+].[OH][Al+][OH]. The number of hydrogen-bond acceptors (Lipinski definition) is 7. The van der Waals surface area contributed by atoms with E-state index >= 15 is 0 Å². The van der Waals surface area contributed by atoms with E-state index in [0.29, 0.717) is 0 Å². The second-order valence-electron chi connectivity index (χ2n) is 0.963. The van der Waals surface area contributed by atoms with Gasteiger partial charge in [-0.1, -0.05) is 0 Å². The van der Waals surface area contributed by atoms with Crippen LogP contribution < -0.4 is 45.5 Å². The first-order valence-electron chi connectivity index (χ1n) is 2.32. The minimum absolute atomic E-state index is 0. The third kappa shape index (κ3) is 270. The van der Waals surface area contributed by atoms with E-state index in [2.05, 4.69) is 5.73 Å². The monoisotopic (exact) mass is 219 g/mol. The molecular formula is C3H7AlNNaO7. The summed E-state index contributed by atoms with van der Waals surface area (Å²) in [5.41, 5.74) is 4.57. The van der Waals surface area contributed by atoms with Gasteiger partial charge in [-0.15, -0.1) is 0 Å². The Bertz CT molecular complexity index is 118. The minimum atomic E-state index is -2.33. The van der Waals surface area contributed by atoms with Gasteiger partial charge in [0.05, 0.1) is 6.54 Å². The number of carboxylic acid groups (broad SMARTS) is 3. The van der Waals surface area contributed by atoms with Gasteiger partial charge in [-0.25, -0.2) is 0 Å². The molecule has 0 aliphatic heterocycles. The van der Waals surface area contributed by atoms with Crippen LogP contribution in [0.3, 0.4) is 0 Å². The third-order valence-corrected chi connectivity index (χ3v) is 0.175. The van der Waals surface area contributed by atoms with E-state index < -0.39 is 28.0 Å². The normalized spacial score (nSPS) is 5.46. The Morgan fingerprint density at radius 2 is 1.38 bits per heavy atom. The molecule has 0 aromatic heterocycles. The predicted molar refractivity (Wildman–Crippen MR) is 32.3 cm³/mol. The number of hydrogen-bond donors (Lipinski definition) is 4. The van der Waals surface area contributed by atoms with Crippen molar-refractivity contribution in [2.45, 2.75) is 0 Å². The standard InChI is InChI=1S/C2H5NO2.CH2O3.Al.Na.2H2O/c3-1-2(4)5;2-1(3)4;;;;/h1,3H2,(H,4,5);(H2,2,3,4);;;2*1H2/q;;+3;+1;;/p-4. The summed E-state index contributed by atoms with van der Waals surface area (Å²) < 4.78 is 14.4. The van der Waals surface area contributed by atoms with Gasteiger partial charge in [0.2, 0.25) is 0 Å². The zero-order valence-corrected chi connectivity index (χ0v) is 9.99. The topological polar surface area (TPSA) is 167 Å². The van der Waals surface area contributed by atoms with E-state index in [1.165, 1.54) is 0 Å². The molecule has 0 rings (SSSR count). The molecule has 70 valence electrons. The van der Waals surface area contributed by atoms with Crippen LogP contribution in [0, 0.1) is 0 Å². The Morgan fingerprint density at radius 1 is 1.31 bits per heavy atom. The second kappa shape index (κ2) is 22.7. The first-order chi connectivity index (χ1) is 5.42. The Hall–Kier alpha value is 0.152. The third-order valence-electron chi connectivity index (χ3n) is 0.175. The van der Waals surface area contributed by atoms with E-state index in [0.717, 1.165) is 0 Å². The Morgan fingerprint density at radius 3 is 1.38 bits per heavy atom. The molecule has 0 spiro atoms. The molecule has 0 unspecified atom stereocenters. The van der Waals surface area contributed by atoms with Gasteiger partial charge in [0.15, 0.2) is 0 Å². The number of aliphatic carboxylic acids is 1. The van der Waals surface area contributed by atoms with Crippen molar-refractivity contribution in [2.24, 2.45) is 5.73 Å². The Labute approximate surface area is 103 Å². The number of nitrogens with two attached hydrogens (primary N) is 1. The van der Waals surface area contributed by atoms with Gasteiger partial charge in [-0.05, 0) is 6.16 Å². The first-order valence-corrected chi connectivity index (χ1v) is 3.35. The summed E-state index contributed by atoms with van der Waals surface area (Å²) in [6, 6.07) is 0. The summed E-state index contributed by atoms with van der Waals surface area (Å²) in [6.45, 7) is -0.278. The number of carboxylic acids is 1. The molecule has 10 heteroatoms. The van der Waals surface area contributed by atoms with Crippen LogP contribution >= 0.6 is 0 Å². The van der Waals surface area contributed by atoms with Crippen molar-refractivity contribution in [3.8, 4) is 0 Å². The Kier molecular flexibility index (Phi) is 40.6. The molecule has 0 aliphatic rings. The molecule has 0 aliphatic carbocycles. The second-order valence-corrected chi connectivity index (χ2v) is 1.19.